The summed E-state index contributed by atoms with van der Waals surface area (Å²) < 4.78 is 5.86. The number of carbonyl (C=O) groups is 1. The van der Waals surface area contributed by atoms with E-state index >= 15 is 0 Å². The van der Waals surface area contributed by atoms with Gasteiger partial charge in [-0.2, -0.15) is 0 Å². The molecular weight excluding hydrogens is 216 g/mol. The molecule has 3 aliphatic rings. The number of nitrogens with one attached hydrogen (secondary N) is 1. The Morgan fingerprint density at radius 3 is 2.76 bits per heavy atom. The Kier molecular flexibility index (Phi) is 2.87. The van der Waals surface area contributed by atoms with Gasteiger partial charge in [-0.15, -0.1) is 0 Å². The van der Waals surface area contributed by atoms with Crippen molar-refractivity contribution in [3.8, 4) is 0 Å². The number of amides is 1. The molecule has 1 amide bonds. The van der Waals surface area contributed by atoms with Crippen LogP contribution in [0.2, 0.25) is 0 Å². The van der Waals surface area contributed by atoms with Crippen LogP contribution < -0.4 is 5.32 Å². The molecule has 0 aromatic heterocycles. The zero-order valence-corrected chi connectivity index (χ0v) is 10.7. The number of carbonyl (C=O) groups excluding carboxylic acids is 1. The van der Waals surface area contributed by atoms with E-state index in [4.69, 9.17) is 4.74 Å². The first-order chi connectivity index (χ1) is 8.18. The van der Waals surface area contributed by atoms with Crippen molar-refractivity contribution in [2.75, 3.05) is 13.2 Å². The van der Waals surface area contributed by atoms with Gasteiger partial charge in [0.2, 0.25) is 5.91 Å². The van der Waals surface area contributed by atoms with Gasteiger partial charge in [-0.3, -0.25) is 10.1 Å². The molecule has 0 aromatic rings. The van der Waals surface area contributed by atoms with E-state index in [0.29, 0.717) is 30.5 Å². The van der Waals surface area contributed by atoms with Gasteiger partial charge in [-0.05, 0) is 31.1 Å². The summed E-state index contributed by atoms with van der Waals surface area (Å²) in [5.41, 5.74) is 0. The van der Waals surface area contributed by atoms with Crippen LogP contribution in [0.1, 0.15) is 33.1 Å². The van der Waals surface area contributed by atoms with Crippen LogP contribution in [0, 0.1) is 11.8 Å². The number of rotatable bonds is 3. The highest BCUT2D eigenvalue weighted by atomic mass is 16.5. The minimum atomic E-state index is 0.204. The van der Waals surface area contributed by atoms with Crippen LogP contribution in [-0.2, 0) is 9.53 Å². The molecule has 3 unspecified atom stereocenters. The summed E-state index contributed by atoms with van der Waals surface area (Å²) in [6, 6.07) is 0.317. The Bertz CT molecular complexity index is 315. The average Bonchev–Trinajstić information content (AvgIpc) is 2.88. The Balaban J connectivity index is 1.78. The third kappa shape index (κ3) is 1.97. The van der Waals surface area contributed by atoms with Crippen molar-refractivity contribution < 1.29 is 9.53 Å². The summed E-state index contributed by atoms with van der Waals surface area (Å²) in [6.07, 6.45) is 4.08. The Morgan fingerprint density at radius 1 is 1.35 bits per heavy atom. The van der Waals surface area contributed by atoms with Crippen molar-refractivity contribution in [1.29, 1.82) is 0 Å². The lowest BCUT2D eigenvalue weighted by atomic mass is 10.0. The smallest absolute Gasteiger partial charge is 0.238 e. The van der Waals surface area contributed by atoms with E-state index in [-0.39, 0.29) is 12.1 Å². The molecule has 0 bridgehead atoms. The fourth-order valence-corrected chi connectivity index (χ4v) is 3.26. The molecule has 3 rings (SSSR count). The van der Waals surface area contributed by atoms with Gasteiger partial charge in [0, 0.05) is 6.61 Å². The van der Waals surface area contributed by atoms with Gasteiger partial charge in [0.25, 0.3) is 0 Å². The first kappa shape index (κ1) is 11.5. The zero-order valence-electron chi connectivity index (χ0n) is 10.7. The normalized spacial score (nSPS) is 38.4. The Morgan fingerprint density at radius 2 is 2.12 bits per heavy atom. The van der Waals surface area contributed by atoms with Gasteiger partial charge in [-0.25, -0.2) is 0 Å². The fraction of sp³-hybridized carbons (Fsp3) is 0.923. The number of hydrogen-bond donors (Lipinski definition) is 1. The standard InChI is InChI=1S/C13H22N2O2/c1-8(2)13-14-7-11(16)15(13)10-5-6-17-12(10)9-3-4-9/h8-10,12-14H,3-7H2,1-2H3. The molecule has 0 aromatic carbocycles. The third-order valence-corrected chi connectivity index (χ3v) is 4.23. The van der Waals surface area contributed by atoms with Gasteiger partial charge >= 0.3 is 0 Å². The summed E-state index contributed by atoms with van der Waals surface area (Å²) in [5, 5.41) is 3.33. The fourth-order valence-electron chi connectivity index (χ4n) is 3.26. The first-order valence-corrected chi connectivity index (χ1v) is 6.84. The van der Waals surface area contributed by atoms with E-state index in [9.17, 15) is 4.79 Å². The summed E-state index contributed by atoms with van der Waals surface area (Å²) in [6.45, 7) is 5.66. The molecule has 2 aliphatic heterocycles. The van der Waals surface area contributed by atoms with Gasteiger partial charge in [-0.1, -0.05) is 13.8 Å². The molecule has 2 saturated heterocycles. The Labute approximate surface area is 103 Å². The number of ether oxygens (including phenoxy) is 1. The minimum absolute atomic E-state index is 0.204. The van der Waals surface area contributed by atoms with Crippen molar-refractivity contribution >= 4 is 5.91 Å². The quantitative estimate of drug-likeness (QED) is 0.796. The molecule has 2 heterocycles. The van der Waals surface area contributed by atoms with Crippen LogP contribution in [0.5, 0.6) is 0 Å². The van der Waals surface area contributed by atoms with Crippen molar-refractivity contribution in [3.05, 3.63) is 0 Å². The average molecular weight is 238 g/mol. The number of nitrogens with zero attached hydrogens (tertiary/aromatic N) is 1. The van der Waals surface area contributed by atoms with E-state index in [1.165, 1.54) is 12.8 Å². The van der Waals surface area contributed by atoms with Crippen molar-refractivity contribution in [2.24, 2.45) is 11.8 Å². The predicted octanol–water partition coefficient (Wildman–Crippen LogP) is 0.968. The highest BCUT2D eigenvalue weighted by Gasteiger charge is 2.48. The molecule has 4 nitrogen and oxygen atoms in total. The van der Waals surface area contributed by atoms with Crippen LogP contribution in [0.25, 0.3) is 0 Å². The molecule has 0 spiro atoms. The van der Waals surface area contributed by atoms with Crippen LogP contribution in [0.15, 0.2) is 0 Å². The lowest BCUT2D eigenvalue weighted by Crippen LogP contribution is -2.50. The van der Waals surface area contributed by atoms with E-state index < -0.39 is 0 Å². The van der Waals surface area contributed by atoms with Crippen LogP contribution >= 0.6 is 0 Å². The van der Waals surface area contributed by atoms with Crippen molar-refractivity contribution in [3.63, 3.8) is 0 Å². The molecule has 1 N–H and O–H groups in total. The van der Waals surface area contributed by atoms with Crippen molar-refractivity contribution in [1.82, 2.24) is 10.2 Å². The second-order valence-electron chi connectivity index (χ2n) is 5.90. The second-order valence-corrected chi connectivity index (χ2v) is 5.90. The topological polar surface area (TPSA) is 41.6 Å². The summed E-state index contributed by atoms with van der Waals surface area (Å²) in [4.78, 5) is 14.2. The molecular formula is C13H22N2O2. The van der Waals surface area contributed by atoms with Gasteiger partial charge in [0.15, 0.2) is 0 Å². The number of hydrogen-bond acceptors (Lipinski definition) is 3. The van der Waals surface area contributed by atoms with Gasteiger partial charge in [0.1, 0.15) is 0 Å². The molecule has 4 heteroatoms. The lowest BCUT2D eigenvalue weighted by molar-refractivity contribution is -0.132. The highest BCUT2D eigenvalue weighted by molar-refractivity contribution is 5.81. The largest absolute Gasteiger partial charge is 0.376 e. The van der Waals surface area contributed by atoms with E-state index in [2.05, 4.69) is 24.1 Å². The van der Waals surface area contributed by atoms with E-state index in [1.54, 1.807) is 0 Å². The molecule has 3 atom stereocenters. The highest BCUT2D eigenvalue weighted by Crippen LogP contribution is 2.41. The predicted molar refractivity (Wildman–Crippen MR) is 64.3 cm³/mol. The second kappa shape index (κ2) is 4.25. The molecule has 0 radical (unpaired) electrons. The van der Waals surface area contributed by atoms with Crippen molar-refractivity contribution in [2.45, 2.75) is 51.4 Å². The van der Waals surface area contributed by atoms with Crippen LogP contribution in [0.3, 0.4) is 0 Å². The molecule has 96 valence electrons. The summed E-state index contributed by atoms with van der Waals surface area (Å²) in [5.74, 6) is 1.43. The summed E-state index contributed by atoms with van der Waals surface area (Å²) >= 11 is 0. The van der Waals surface area contributed by atoms with E-state index in [0.717, 1.165) is 13.0 Å². The summed E-state index contributed by atoms with van der Waals surface area (Å²) in [7, 11) is 0. The molecule has 17 heavy (non-hydrogen) atoms. The van der Waals surface area contributed by atoms with E-state index in [1.807, 2.05) is 0 Å². The monoisotopic (exact) mass is 238 g/mol. The SMILES string of the molecule is CC(C)C1NCC(=O)N1C1CCOC1C1CC1. The lowest BCUT2D eigenvalue weighted by Gasteiger charge is -2.35. The van der Waals surface area contributed by atoms with Crippen LogP contribution in [-0.4, -0.2) is 42.3 Å². The maximum absolute atomic E-state index is 12.1. The van der Waals surface area contributed by atoms with Gasteiger partial charge < -0.3 is 9.64 Å². The molecule has 1 aliphatic carbocycles. The van der Waals surface area contributed by atoms with Crippen LogP contribution in [0.4, 0.5) is 0 Å². The zero-order chi connectivity index (χ0) is 12.0. The molecule has 3 fully saturated rings. The first-order valence-electron chi connectivity index (χ1n) is 6.84. The minimum Gasteiger partial charge on any atom is -0.376 e. The Hall–Kier alpha value is -0.610. The maximum Gasteiger partial charge on any atom is 0.238 e. The van der Waals surface area contributed by atoms with Gasteiger partial charge in [0.05, 0.1) is 24.9 Å². The molecule has 1 saturated carbocycles. The maximum atomic E-state index is 12.1. The third-order valence-electron chi connectivity index (χ3n) is 4.23.